The number of aryl methyl sites for hydroxylation is 1. The number of aromatic nitrogens is 3. The van der Waals surface area contributed by atoms with E-state index < -0.39 is 0 Å². The van der Waals surface area contributed by atoms with Gasteiger partial charge in [0.25, 0.3) is 5.56 Å². The molecule has 6 nitrogen and oxygen atoms in total. The Morgan fingerprint density at radius 2 is 1.93 bits per heavy atom. The van der Waals surface area contributed by atoms with Gasteiger partial charge < -0.3 is 10.3 Å². The normalized spacial score (nSPS) is 16.1. The lowest BCUT2D eigenvalue weighted by molar-refractivity contribution is -0.121. The molecule has 0 saturated heterocycles. The summed E-state index contributed by atoms with van der Waals surface area (Å²) in [4.78, 5) is 28.2. The first-order valence-corrected chi connectivity index (χ1v) is 10.0. The van der Waals surface area contributed by atoms with E-state index in [1.54, 1.807) is 12.1 Å². The Labute approximate surface area is 171 Å². The maximum Gasteiger partial charge on any atom is 0.272 e. The lowest BCUT2D eigenvalue weighted by Crippen LogP contribution is -2.32. The Kier molecular flexibility index (Phi) is 4.36. The van der Waals surface area contributed by atoms with Gasteiger partial charge in [-0.3, -0.25) is 9.59 Å². The molecular weight excluding hydrogens is 388 g/mol. The number of carbonyl (C=O) groups is 1. The van der Waals surface area contributed by atoms with Crippen molar-refractivity contribution < 1.29 is 4.79 Å². The molecule has 0 fully saturated rings. The van der Waals surface area contributed by atoms with E-state index >= 15 is 0 Å². The number of amides is 1. The topological polar surface area (TPSA) is 90.6 Å². The highest BCUT2D eigenvalue weighted by Crippen LogP contribution is 2.37. The summed E-state index contributed by atoms with van der Waals surface area (Å²) in [6.45, 7) is 0. The fraction of sp³-hybridized carbons (Fsp3) is 0.227. The van der Waals surface area contributed by atoms with Crippen molar-refractivity contribution in [3.63, 3.8) is 0 Å². The van der Waals surface area contributed by atoms with Crippen molar-refractivity contribution in [2.75, 3.05) is 0 Å². The van der Waals surface area contributed by atoms with Gasteiger partial charge in [-0.05, 0) is 37.0 Å². The maximum atomic E-state index is 12.8. The maximum absolute atomic E-state index is 12.8. The number of halogens is 1. The third-order valence-electron chi connectivity index (χ3n) is 5.63. The number of nitrogens with zero attached hydrogens (tertiary/aromatic N) is 1. The molecule has 1 atom stereocenters. The van der Waals surface area contributed by atoms with Gasteiger partial charge in [0, 0.05) is 16.5 Å². The number of carbonyl (C=O) groups excluding carboxylic acids is 1. The second-order valence-electron chi connectivity index (χ2n) is 7.41. The molecule has 1 aliphatic rings. The van der Waals surface area contributed by atoms with Crippen LogP contribution in [0.2, 0.25) is 5.02 Å². The van der Waals surface area contributed by atoms with Crippen LogP contribution in [0.1, 0.15) is 35.8 Å². The summed E-state index contributed by atoms with van der Waals surface area (Å²) >= 11 is 6.35. The van der Waals surface area contributed by atoms with E-state index in [4.69, 9.17) is 11.6 Å². The molecule has 7 heteroatoms. The molecule has 1 amide bonds. The predicted molar refractivity (Wildman–Crippen MR) is 113 cm³/mol. The minimum atomic E-state index is -0.253. The van der Waals surface area contributed by atoms with Gasteiger partial charge in [0.2, 0.25) is 5.91 Å². The van der Waals surface area contributed by atoms with Crippen LogP contribution in [0.5, 0.6) is 0 Å². The van der Waals surface area contributed by atoms with Gasteiger partial charge in [-0.1, -0.05) is 41.9 Å². The van der Waals surface area contributed by atoms with Gasteiger partial charge in [-0.15, -0.1) is 0 Å². The molecule has 1 aliphatic carbocycles. The molecule has 29 heavy (non-hydrogen) atoms. The largest absolute Gasteiger partial charge is 0.355 e. The van der Waals surface area contributed by atoms with Gasteiger partial charge in [-0.25, -0.2) is 5.10 Å². The zero-order valence-corrected chi connectivity index (χ0v) is 16.3. The lowest BCUT2D eigenvalue weighted by Gasteiger charge is -2.24. The number of fused-ring (bicyclic) bond motifs is 4. The molecule has 3 N–H and O–H groups in total. The molecule has 5 rings (SSSR count). The van der Waals surface area contributed by atoms with E-state index in [0.717, 1.165) is 35.9 Å². The highest BCUT2D eigenvalue weighted by Gasteiger charge is 2.26. The number of benzene rings is 2. The average molecular weight is 407 g/mol. The van der Waals surface area contributed by atoms with Gasteiger partial charge in [0.05, 0.1) is 34.1 Å². The summed E-state index contributed by atoms with van der Waals surface area (Å²) in [7, 11) is 0. The first-order chi connectivity index (χ1) is 14.1. The fourth-order valence-electron chi connectivity index (χ4n) is 4.30. The van der Waals surface area contributed by atoms with Crippen molar-refractivity contribution >= 4 is 39.2 Å². The Balaban J connectivity index is 1.43. The number of hydrogen-bond acceptors (Lipinski definition) is 3. The zero-order valence-electron chi connectivity index (χ0n) is 15.6. The third-order valence-corrected chi connectivity index (χ3v) is 5.94. The summed E-state index contributed by atoms with van der Waals surface area (Å²) in [6.07, 6.45) is 2.93. The van der Waals surface area contributed by atoms with E-state index in [1.807, 2.05) is 24.3 Å². The number of aromatic amines is 2. The minimum absolute atomic E-state index is 0.0938. The van der Waals surface area contributed by atoms with Gasteiger partial charge in [0.15, 0.2) is 0 Å². The summed E-state index contributed by atoms with van der Waals surface area (Å²) < 4.78 is 0. The fourth-order valence-corrected chi connectivity index (χ4v) is 4.52. The van der Waals surface area contributed by atoms with Crippen molar-refractivity contribution in [2.24, 2.45) is 0 Å². The van der Waals surface area contributed by atoms with Crippen LogP contribution in [-0.4, -0.2) is 21.1 Å². The second-order valence-corrected chi connectivity index (χ2v) is 7.82. The standard InChI is InChI=1S/C22H19ClN4O2/c23-16-9-3-7-13-14-8-4-10-17(21(14)25-20(13)16)24-19(28)11-18-12-5-1-2-6-15(12)22(29)27-26-18/h1-3,5-7,9,17,25H,4,8,10-11H2,(H,24,28)(H,27,29)/t17-/m1/s1. The number of H-pyrrole nitrogens is 2. The summed E-state index contributed by atoms with van der Waals surface area (Å²) in [5.74, 6) is -0.127. The molecule has 0 unspecified atom stereocenters. The molecule has 0 saturated carbocycles. The first-order valence-electron chi connectivity index (χ1n) is 9.66. The van der Waals surface area contributed by atoms with Crippen LogP contribution in [0.4, 0.5) is 0 Å². The Morgan fingerprint density at radius 3 is 2.79 bits per heavy atom. The van der Waals surface area contributed by atoms with E-state index in [0.29, 0.717) is 21.5 Å². The van der Waals surface area contributed by atoms with Crippen LogP contribution in [0, 0.1) is 0 Å². The number of para-hydroxylation sites is 1. The van der Waals surface area contributed by atoms with Crippen molar-refractivity contribution in [3.8, 4) is 0 Å². The second kappa shape index (κ2) is 7.04. The van der Waals surface area contributed by atoms with Crippen LogP contribution < -0.4 is 10.9 Å². The Morgan fingerprint density at radius 1 is 1.14 bits per heavy atom. The van der Waals surface area contributed by atoms with Crippen LogP contribution in [0.3, 0.4) is 0 Å². The van der Waals surface area contributed by atoms with Crippen molar-refractivity contribution in [1.29, 1.82) is 0 Å². The molecule has 146 valence electrons. The SMILES string of the molecule is O=C(Cc1n[nH]c(=O)c2ccccc12)N[C@@H]1CCCc2c1[nH]c1c(Cl)cccc21. The predicted octanol–water partition coefficient (Wildman–Crippen LogP) is 3.79. The van der Waals surface area contributed by atoms with Crippen LogP contribution >= 0.6 is 11.6 Å². The van der Waals surface area contributed by atoms with E-state index in [1.165, 1.54) is 5.56 Å². The van der Waals surface area contributed by atoms with Crippen molar-refractivity contribution in [3.05, 3.63) is 74.8 Å². The lowest BCUT2D eigenvalue weighted by atomic mass is 9.91. The number of rotatable bonds is 3. The van der Waals surface area contributed by atoms with E-state index in [2.05, 4.69) is 26.6 Å². The third kappa shape index (κ3) is 3.09. The van der Waals surface area contributed by atoms with Gasteiger partial charge in [0.1, 0.15) is 0 Å². The summed E-state index contributed by atoms with van der Waals surface area (Å²) in [5.41, 5.74) is 3.50. The van der Waals surface area contributed by atoms with E-state index in [-0.39, 0.29) is 23.9 Å². The Bertz CT molecular complexity index is 1310. The number of hydrogen-bond donors (Lipinski definition) is 3. The van der Waals surface area contributed by atoms with Crippen LogP contribution in [-0.2, 0) is 17.6 Å². The summed E-state index contributed by atoms with van der Waals surface area (Å²) in [6, 6.07) is 13.0. The van der Waals surface area contributed by atoms with Crippen LogP contribution in [0.15, 0.2) is 47.3 Å². The number of nitrogens with one attached hydrogen (secondary N) is 3. The van der Waals surface area contributed by atoms with Gasteiger partial charge >= 0.3 is 0 Å². The highest BCUT2D eigenvalue weighted by atomic mass is 35.5. The monoisotopic (exact) mass is 406 g/mol. The Hall–Kier alpha value is -3.12. The van der Waals surface area contributed by atoms with E-state index in [9.17, 15) is 9.59 Å². The quantitative estimate of drug-likeness (QED) is 0.483. The van der Waals surface area contributed by atoms with Crippen LogP contribution in [0.25, 0.3) is 21.7 Å². The zero-order chi connectivity index (χ0) is 20.0. The average Bonchev–Trinajstić information content (AvgIpc) is 3.12. The highest BCUT2D eigenvalue weighted by molar-refractivity contribution is 6.35. The van der Waals surface area contributed by atoms with Gasteiger partial charge in [-0.2, -0.15) is 5.10 Å². The molecule has 2 aromatic heterocycles. The molecule has 4 aromatic rings. The molecule has 0 bridgehead atoms. The molecule has 0 spiro atoms. The first kappa shape index (κ1) is 17.9. The van der Waals surface area contributed by atoms with Crippen molar-refractivity contribution in [1.82, 2.24) is 20.5 Å². The molecule has 0 radical (unpaired) electrons. The summed E-state index contributed by atoms with van der Waals surface area (Å²) in [5, 5.41) is 12.8. The molecule has 2 heterocycles. The van der Waals surface area contributed by atoms with Crippen molar-refractivity contribution in [2.45, 2.75) is 31.7 Å². The molecular formula is C22H19ClN4O2. The molecule has 2 aromatic carbocycles. The smallest absolute Gasteiger partial charge is 0.272 e. The molecule has 0 aliphatic heterocycles. The minimum Gasteiger partial charge on any atom is -0.355 e.